The number of alkyl halides is 1. The van der Waals surface area contributed by atoms with Gasteiger partial charge in [0.2, 0.25) is 0 Å². The molecule has 3 rings (SSSR count). The first-order valence-corrected chi connectivity index (χ1v) is 9.58. The lowest BCUT2D eigenvalue weighted by molar-refractivity contribution is -0.138. The summed E-state index contributed by atoms with van der Waals surface area (Å²) in [6, 6.07) is -0.997. The highest BCUT2D eigenvalue weighted by Gasteiger charge is 2.44. The summed E-state index contributed by atoms with van der Waals surface area (Å²) in [5.41, 5.74) is 12.1. The first-order chi connectivity index (χ1) is 13.8. The Morgan fingerprint density at radius 2 is 2.07 bits per heavy atom. The van der Waals surface area contributed by atoms with Gasteiger partial charge >= 0.3 is 5.97 Å². The van der Waals surface area contributed by atoms with Crippen LogP contribution in [0, 0.1) is 0 Å². The predicted octanol–water partition coefficient (Wildman–Crippen LogP) is -1.63. The number of fused-ring (bicyclic) bond motifs is 1. The van der Waals surface area contributed by atoms with Crippen LogP contribution in [0.1, 0.15) is 12.6 Å². The van der Waals surface area contributed by atoms with Crippen LogP contribution in [-0.4, -0.2) is 95.6 Å². The van der Waals surface area contributed by atoms with Crippen LogP contribution in [-0.2, 0) is 9.53 Å². The second-order valence-corrected chi connectivity index (χ2v) is 7.23. The van der Waals surface area contributed by atoms with Gasteiger partial charge in [0.25, 0.3) is 0 Å². The number of halogens is 1. The molecule has 12 nitrogen and oxygen atoms in total. The van der Waals surface area contributed by atoms with Crippen molar-refractivity contribution in [1.29, 1.82) is 0 Å². The number of rotatable bonds is 9. The van der Waals surface area contributed by atoms with Gasteiger partial charge in [0.1, 0.15) is 36.2 Å². The monoisotopic (exact) mass is 429 g/mol. The van der Waals surface area contributed by atoms with Crippen LogP contribution >= 0.6 is 11.6 Å². The normalized spacial score (nSPS) is 25.7. The maximum absolute atomic E-state index is 10.9. The van der Waals surface area contributed by atoms with E-state index in [1.54, 1.807) is 0 Å². The molecule has 29 heavy (non-hydrogen) atoms. The number of hydrogen-bond acceptors (Lipinski definition) is 10. The lowest BCUT2D eigenvalue weighted by Gasteiger charge is -2.26. The van der Waals surface area contributed by atoms with Gasteiger partial charge in [-0.05, 0) is 6.42 Å². The molecule has 0 saturated carbocycles. The third kappa shape index (κ3) is 4.57. The quantitative estimate of drug-likeness (QED) is 0.288. The average Bonchev–Trinajstić information content (AvgIpc) is 3.23. The van der Waals surface area contributed by atoms with Gasteiger partial charge in [-0.3, -0.25) is 14.3 Å². The van der Waals surface area contributed by atoms with Crippen LogP contribution in [0.5, 0.6) is 0 Å². The molecule has 0 aromatic carbocycles. The molecule has 0 amide bonds. The summed E-state index contributed by atoms with van der Waals surface area (Å²) >= 11 is 5.83. The average molecular weight is 430 g/mol. The van der Waals surface area contributed by atoms with Crippen molar-refractivity contribution >= 4 is 34.6 Å². The number of carbonyl (C=O) groups is 1. The van der Waals surface area contributed by atoms with Crippen molar-refractivity contribution in [1.82, 2.24) is 24.4 Å². The number of carboxylic acids is 1. The standard InChI is InChI=1S/C16H24ClN7O5/c17-2-4-23(3-1-8(18)16(27)28)5-9-11(25)12(26)15(29-9)24-7-22-10-13(19)20-6-21-14(10)24/h6-9,11-12,15,25-26H,1-5,18H2,(H,27,28)(H2,19,20,21)/t8-,9+,11+,12+,15+/m0/s1. The largest absolute Gasteiger partial charge is 0.480 e. The Hall–Kier alpha value is -2.09. The van der Waals surface area contributed by atoms with E-state index >= 15 is 0 Å². The smallest absolute Gasteiger partial charge is 0.320 e. The molecule has 5 atom stereocenters. The Bertz CT molecular complexity index is 852. The number of anilines is 1. The van der Waals surface area contributed by atoms with Gasteiger partial charge in [0.05, 0.1) is 6.33 Å². The first-order valence-electron chi connectivity index (χ1n) is 9.04. The molecule has 0 spiro atoms. The molecule has 0 bridgehead atoms. The summed E-state index contributed by atoms with van der Waals surface area (Å²) in [5.74, 6) is -0.586. The zero-order valence-corrected chi connectivity index (χ0v) is 16.3. The third-order valence-electron chi connectivity index (χ3n) is 4.91. The molecule has 7 N–H and O–H groups in total. The van der Waals surface area contributed by atoms with Crippen molar-refractivity contribution in [2.45, 2.75) is 37.0 Å². The summed E-state index contributed by atoms with van der Waals surface area (Å²) in [6.07, 6.45) is -1.16. The number of ether oxygens (including phenoxy) is 1. The van der Waals surface area contributed by atoms with E-state index < -0.39 is 36.6 Å². The van der Waals surface area contributed by atoms with Crippen molar-refractivity contribution in [2.75, 3.05) is 31.2 Å². The Kier molecular flexibility index (Phi) is 6.82. The molecule has 0 unspecified atom stereocenters. The van der Waals surface area contributed by atoms with Crippen molar-refractivity contribution in [3.8, 4) is 0 Å². The van der Waals surface area contributed by atoms with E-state index in [1.165, 1.54) is 17.2 Å². The first kappa shape index (κ1) is 21.6. The van der Waals surface area contributed by atoms with E-state index in [0.717, 1.165) is 0 Å². The number of imidazole rings is 1. The van der Waals surface area contributed by atoms with Gasteiger partial charge < -0.3 is 31.5 Å². The van der Waals surface area contributed by atoms with Gasteiger partial charge in [-0.25, -0.2) is 15.0 Å². The molecule has 0 radical (unpaired) electrons. The number of aliphatic hydroxyl groups is 2. The molecule has 13 heteroatoms. The van der Waals surface area contributed by atoms with Gasteiger partial charge in [0.15, 0.2) is 17.7 Å². The number of carboxylic acid groups (broad SMARTS) is 1. The number of aromatic nitrogens is 4. The lowest BCUT2D eigenvalue weighted by Crippen LogP contribution is -2.43. The summed E-state index contributed by atoms with van der Waals surface area (Å²) in [4.78, 5) is 24.9. The fraction of sp³-hybridized carbons (Fsp3) is 0.625. The molecule has 160 valence electrons. The SMILES string of the molecule is Nc1ncnc2c1ncn2[C@@H]1O[C@H](CN(CCCl)CC[C@H](N)C(=O)O)[C@@H](O)[C@H]1O. The fourth-order valence-corrected chi connectivity index (χ4v) is 3.52. The lowest BCUT2D eigenvalue weighted by atomic mass is 10.1. The minimum Gasteiger partial charge on any atom is -0.480 e. The van der Waals surface area contributed by atoms with Crippen molar-refractivity contribution in [3.63, 3.8) is 0 Å². The molecule has 1 saturated heterocycles. The number of aliphatic carboxylic acids is 1. The Labute approximate surface area is 171 Å². The molecular formula is C16H24ClN7O5. The van der Waals surface area contributed by atoms with E-state index in [9.17, 15) is 15.0 Å². The Balaban J connectivity index is 1.72. The number of nitrogens with zero attached hydrogens (tertiary/aromatic N) is 5. The molecule has 1 fully saturated rings. The van der Waals surface area contributed by atoms with Crippen LogP contribution in [0.2, 0.25) is 0 Å². The van der Waals surface area contributed by atoms with Gasteiger partial charge in [-0.15, -0.1) is 11.6 Å². The van der Waals surface area contributed by atoms with Crippen LogP contribution in [0.15, 0.2) is 12.7 Å². The summed E-state index contributed by atoms with van der Waals surface area (Å²) in [6.45, 7) is 1.03. The Morgan fingerprint density at radius 1 is 1.31 bits per heavy atom. The van der Waals surface area contributed by atoms with Crippen LogP contribution in [0.25, 0.3) is 11.2 Å². The topological polar surface area (TPSA) is 186 Å². The maximum Gasteiger partial charge on any atom is 0.320 e. The van der Waals surface area contributed by atoms with Gasteiger partial charge in [-0.2, -0.15) is 0 Å². The van der Waals surface area contributed by atoms with E-state index in [2.05, 4.69) is 15.0 Å². The molecule has 1 aliphatic heterocycles. The van der Waals surface area contributed by atoms with E-state index in [4.69, 9.17) is 32.9 Å². The fourth-order valence-electron chi connectivity index (χ4n) is 3.28. The van der Waals surface area contributed by atoms with Crippen LogP contribution in [0.4, 0.5) is 5.82 Å². The van der Waals surface area contributed by atoms with Crippen molar-refractivity contribution in [3.05, 3.63) is 12.7 Å². The van der Waals surface area contributed by atoms with Crippen molar-refractivity contribution < 1.29 is 24.9 Å². The highest BCUT2D eigenvalue weighted by atomic mass is 35.5. The zero-order chi connectivity index (χ0) is 21.1. The molecule has 0 aliphatic carbocycles. The molecule has 3 heterocycles. The molecule has 2 aromatic rings. The minimum atomic E-state index is -1.23. The predicted molar refractivity (Wildman–Crippen MR) is 103 cm³/mol. The number of nitrogen functional groups attached to an aromatic ring is 1. The summed E-state index contributed by atoms with van der Waals surface area (Å²) < 4.78 is 7.39. The van der Waals surface area contributed by atoms with E-state index in [-0.39, 0.29) is 18.8 Å². The van der Waals surface area contributed by atoms with Gasteiger partial charge in [-0.1, -0.05) is 0 Å². The second kappa shape index (κ2) is 9.15. The highest BCUT2D eigenvalue weighted by molar-refractivity contribution is 6.18. The molecule has 2 aromatic heterocycles. The van der Waals surface area contributed by atoms with E-state index in [0.29, 0.717) is 30.1 Å². The maximum atomic E-state index is 10.9. The molecule has 1 aliphatic rings. The molecular weight excluding hydrogens is 406 g/mol. The summed E-state index contributed by atoms with van der Waals surface area (Å²) in [7, 11) is 0. The zero-order valence-electron chi connectivity index (χ0n) is 15.5. The minimum absolute atomic E-state index is 0.196. The highest BCUT2D eigenvalue weighted by Crippen LogP contribution is 2.32. The summed E-state index contributed by atoms with van der Waals surface area (Å²) in [5, 5.41) is 30.0. The number of nitrogens with two attached hydrogens (primary N) is 2. The van der Waals surface area contributed by atoms with Crippen LogP contribution in [0.3, 0.4) is 0 Å². The van der Waals surface area contributed by atoms with E-state index in [1.807, 2.05) is 4.90 Å². The Morgan fingerprint density at radius 3 is 2.76 bits per heavy atom. The number of aliphatic hydroxyl groups excluding tert-OH is 2. The number of hydrogen-bond donors (Lipinski definition) is 5. The van der Waals surface area contributed by atoms with Crippen molar-refractivity contribution in [2.24, 2.45) is 5.73 Å². The van der Waals surface area contributed by atoms with Gasteiger partial charge in [0, 0.05) is 25.5 Å². The third-order valence-corrected chi connectivity index (χ3v) is 5.08. The van der Waals surface area contributed by atoms with Crippen LogP contribution < -0.4 is 11.5 Å². The second-order valence-electron chi connectivity index (χ2n) is 6.85.